The SMILES string of the molecule is COC(=O)c1ccc(CN2C(=O)NC(=Cc3ccc(OC(C)C)c(OC)c3)C2=O)o1. The summed E-state index contributed by atoms with van der Waals surface area (Å²) < 4.78 is 20.9. The van der Waals surface area contributed by atoms with Gasteiger partial charge in [-0.1, -0.05) is 6.07 Å². The van der Waals surface area contributed by atoms with E-state index in [1.54, 1.807) is 24.3 Å². The van der Waals surface area contributed by atoms with Gasteiger partial charge in [0.15, 0.2) is 11.5 Å². The predicted octanol–water partition coefficient (Wildman–Crippen LogP) is 2.95. The highest BCUT2D eigenvalue weighted by Crippen LogP contribution is 2.30. The maximum atomic E-state index is 12.7. The van der Waals surface area contributed by atoms with Gasteiger partial charge in [-0.2, -0.15) is 0 Å². The number of nitrogens with zero attached hydrogens (tertiary/aromatic N) is 1. The highest BCUT2D eigenvalue weighted by molar-refractivity contribution is 6.13. The second kappa shape index (κ2) is 8.73. The highest BCUT2D eigenvalue weighted by atomic mass is 16.5. The van der Waals surface area contributed by atoms with Crippen LogP contribution in [0.5, 0.6) is 11.5 Å². The molecule has 0 unspecified atom stereocenters. The van der Waals surface area contributed by atoms with E-state index in [1.807, 2.05) is 13.8 Å². The van der Waals surface area contributed by atoms with Gasteiger partial charge in [0.25, 0.3) is 5.91 Å². The zero-order chi connectivity index (χ0) is 21.8. The van der Waals surface area contributed by atoms with Gasteiger partial charge in [-0.25, -0.2) is 9.59 Å². The topological polar surface area (TPSA) is 107 Å². The lowest BCUT2D eigenvalue weighted by Crippen LogP contribution is -2.30. The average Bonchev–Trinajstić information content (AvgIpc) is 3.28. The van der Waals surface area contributed by atoms with Crippen molar-refractivity contribution < 1.29 is 33.0 Å². The number of furan rings is 1. The van der Waals surface area contributed by atoms with Crippen molar-refractivity contribution in [3.05, 3.63) is 53.1 Å². The Morgan fingerprint density at radius 2 is 1.93 bits per heavy atom. The number of urea groups is 1. The van der Waals surface area contributed by atoms with E-state index in [2.05, 4.69) is 10.1 Å². The molecular formula is C21H22N2O7. The molecule has 1 N–H and O–H groups in total. The van der Waals surface area contributed by atoms with Crippen molar-refractivity contribution in [2.75, 3.05) is 14.2 Å². The Morgan fingerprint density at radius 3 is 2.60 bits per heavy atom. The molecule has 1 aromatic carbocycles. The summed E-state index contributed by atoms with van der Waals surface area (Å²) >= 11 is 0. The summed E-state index contributed by atoms with van der Waals surface area (Å²) in [5, 5.41) is 2.54. The van der Waals surface area contributed by atoms with Gasteiger partial charge in [-0.05, 0) is 49.8 Å². The molecule has 0 radical (unpaired) electrons. The number of ether oxygens (including phenoxy) is 3. The summed E-state index contributed by atoms with van der Waals surface area (Å²) in [6.45, 7) is 3.69. The molecule has 158 valence electrons. The monoisotopic (exact) mass is 414 g/mol. The van der Waals surface area contributed by atoms with Crippen molar-refractivity contribution >= 4 is 24.0 Å². The van der Waals surface area contributed by atoms with E-state index in [0.717, 1.165) is 4.90 Å². The van der Waals surface area contributed by atoms with E-state index in [0.29, 0.717) is 17.1 Å². The second-order valence-corrected chi connectivity index (χ2v) is 6.71. The number of carbonyl (C=O) groups excluding carboxylic acids is 3. The maximum Gasteiger partial charge on any atom is 0.373 e. The molecule has 1 aliphatic heterocycles. The lowest BCUT2D eigenvalue weighted by atomic mass is 10.1. The number of nitrogens with one attached hydrogen (secondary N) is 1. The fraction of sp³-hybridized carbons (Fsp3) is 0.286. The lowest BCUT2D eigenvalue weighted by Gasteiger charge is -2.13. The van der Waals surface area contributed by atoms with Crippen LogP contribution in [0.15, 0.2) is 40.4 Å². The van der Waals surface area contributed by atoms with Crippen LogP contribution >= 0.6 is 0 Å². The molecule has 0 bridgehead atoms. The molecule has 0 aliphatic carbocycles. The normalized spacial score (nSPS) is 15.0. The fourth-order valence-corrected chi connectivity index (χ4v) is 2.84. The molecule has 9 heteroatoms. The first-order valence-corrected chi connectivity index (χ1v) is 9.18. The van der Waals surface area contributed by atoms with Gasteiger partial charge < -0.3 is 23.9 Å². The van der Waals surface area contributed by atoms with E-state index in [9.17, 15) is 14.4 Å². The van der Waals surface area contributed by atoms with Crippen LogP contribution in [0, 0.1) is 0 Å². The van der Waals surface area contributed by atoms with Crippen LogP contribution in [0.3, 0.4) is 0 Å². The first-order valence-electron chi connectivity index (χ1n) is 9.18. The molecule has 1 saturated heterocycles. The number of imide groups is 1. The van der Waals surface area contributed by atoms with Crippen molar-refractivity contribution in [1.29, 1.82) is 0 Å². The first-order chi connectivity index (χ1) is 14.3. The van der Waals surface area contributed by atoms with E-state index in [-0.39, 0.29) is 29.9 Å². The van der Waals surface area contributed by atoms with Crippen LogP contribution in [-0.2, 0) is 16.1 Å². The number of carbonyl (C=O) groups is 3. The van der Waals surface area contributed by atoms with Crippen LogP contribution < -0.4 is 14.8 Å². The Kier molecular flexibility index (Phi) is 6.10. The molecule has 3 rings (SSSR count). The number of benzene rings is 1. The van der Waals surface area contributed by atoms with Gasteiger partial charge in [-0.3, -0.25) is 9.69 Å². The lowest BCUT2D eigenvalue weighted by molar-refractivity contribution is -0.123. The Hall–Kier alpha value is -3.75. The van der Waals surface area contributed by atoms with Gasteiger partial charge in [0.05, 0.1) is 26.9 Å². The summed E-state index contributed by atoms with van der Waals surface area (Å²) in [5.74, 6) is 0.202. The molecule has 0 atom stereocenters. The van der Waals surface area contributed by atoms with Crippen LogP contribution in [0.1, 0.15) is 35.7 Å². The van der Waals surface area contributed by atoms with Gasteiger partial charge in [0.1, 0.15) is 11.5 Å². The predicted molar refractivity (Wildman–Crippen MR) is 106 cm³/mol. The summed E-state index contributed by atoms with van der Waals surface area (Å²) in [6, 6.07) is 7.54. The number of rotatable bonds is 7. The molecule has 0 spiro atoms. The number of hydrogen-bond acceptors (Lipinski definition) is 7. The summed E-state index contributed by atoms with van der Waals surface area (Å²) in [4.78, 5) is 37.4. The fourth-order valence-electron chi connectivity index (χ4n) is 2.84. The Labute approximate surface area is 173 Å². The highest BCUT2D eigenvalue weighted by Gasteiger charge is 2.34. The maximum absolute atomic E-state index is 12.7. The molecule has 2 heterocycles. The zero-order valence-corrected chi connectivity index (χ0v) is 17.1. The molecule has 1 fully saturated rings. The van der Waals surface area contributed by atoms with E-state index in [1.165, 1.54) is 26.4 Å². The number of methoxy groups -OCH3 is 2. The van der Waals surface area contributed by atoms with Crippen LogP contribution in [0.2, 0.25) is 0 Å². The Balaban J connectivity index is 1.77. The largest absolute Gasteiger partial charge is 0.493 e. The molecule has 1 aromatic heterocycles. The van der Waals surface area contributed by atoms with Crippen molar-refractivity contribution in [2.24, 2.45) is 0 Å². The van der Waals surface area contributed by atoms with Crippen LogP contribution in [0.25, 0.3) is 6.08 Å². The standard InChI is InChI=1S/C21H22N2O7/c1-12(2)29-16-7-5-13(10-18(16)27-3)9-15-19(24)23(21(26)22-15)11-14-6-8-17(30-14)20(25)28-4/h5-10,12H,11H2,1-4H3,(H,22,26). The first kappa shape index (κ1) is 21.0. The minimum Gasteiger partial charge on any atom is -0.493 e. The third-order valence-electron chi connectivity index (χ3n) is 4.19. The van der Waals surface area contributed by atoms with Crippen molar-refractivity contribution in [3.8, 4) is 11.5 Å². The van der Waals surface area contributed by atoms with Crippen molar-refractivity contribution in [3.63, 3.8) is 0 Å². The van der Waals surface area contributed by atoms with E-state index < -0.39 is 17.9 Å². The number of esters is 1. The molecule has 2 aromatic rings. The second-order valence-electron chi connectivity index (χ2n) is 6.71. The minimum atomic E-state index is -0.641. The summed E-state index contributed by atoms with van der Waals surface area (Å²) in [7, 11) is 2.76. The molecule has 9 nitrogen and oxygen atoms in total. The van der Waals surface area contributed by atoms with E-state index in [4.69, 9.17) is 13.9 Å². The van der Waals surface area contributed by atoms with E-state index >= 15 is 0 Å². The third-order valence-corrected chi connectivity index (χ3v) is 4.19. The zero-order valence-electron chi connectivity index (χ0n) is 17.1. The Morgan fingerprint density at radius 1 is 1.17 bits per heavy atom. The van der Waals surface area contributed by atoms with Gasteiger partial charge in [0, 0.05) is 0 Å². The van der Waals surface area contributed by atoms with Gasteiger partial charge in [-0.15, -0.1) is 0 Å². The molecular weight excluding hydrogens is 392 g/mol. The molecule has 30 heavy (non-hydrogen) atoms. The van der Waals surface area contributed by atoms with Crippen molar-refractivity contribution in [2.45, 2.75) is 26.5 Å². The average molecular weight is 414 g/mol. The quantitative estimate of drug-likeness (QED) is 0.422. The van der Waals surface area contributed by atoms with Crippen LogP contribution in [-0.4, -0.2) is 43.1 Å². The Bertz CT molecular complexity index is 1010. The van der Waals surface area contributed by atoms with Crippen molar-refractivity contribution in [1.82, 2.24) is 10.2 Å². The molecule has 1 aliphatic rings. The summed E-state index contributed by atoms with van der Waals surface area (Å²) in [6.07, 6.45) is 1.53. The number of hydrogen-bond donors (Lipinski definition) is 1. The number of amides is 3. The molecule has 3 amide bonds. The smallest absolute Gasteiger partial charge is 0.373 e. The third kappa shape index (κ3) is 4.45. The minimum absolute atomic E-state index is 0.00822. The van der Waals surface area contributed by atoms with Crippen LogP contribution in [0.4, 0.5) is 4.79 Å². The molecule has 0 saturated carbocycles. The van der Waals surface area contributed by atoms with Gasteiger partial charge >= 0.3 is 12.0 Å². The van der Waals surface area contributed by atoms with Gasteiger partial charge in [0.2, 0.25) is 5.76 Å². The summed E-state index contributed by atoms with van der Waals surface area (Å²) in [5.41, 5.74) is 0.763.